The molecule has 5 heteroatoms. The van der Waals surface area contributed by atoms with E-state index in [1.807, 2.05) is 0 Å². The molecule has 1 heterocycles. The van der Waals surface area contributed by atoms with Crippen LogP contribution in [-0.4, -0.2) is 26.1 Å². The van der Waals surface area contributed by atoms with Crippen LogP contribution in [0.5, 0.6) is 0 Å². The average molecular weight is 257 g/mol. The van der Waals surface area contributed by atoms with Crippen molar-refractivity contribution in [1.29, 1.82) is 0 Å². The summed E-state index contributed by atoms with van der Waals surface area (Å²) in [7, 11) is -3.07. The van der Waals surface area contributed by atoms with Crippen LogP contribution in [0.4, 0.5) is 0 Å². The predicted molar refractivity (Wildman–Crippen MR) is 66.0 cm³/mol. The van der Waals surface area contributed by atoms with Crippen molar-refractivity contribution in [2.75, 3.05) is 5.75 Å². The van der Waals surface area contributed by atoms with E-state index in [0.29, 0.717) is 12.3 Å². The van der Waals surface area contributed by atoms with Crippen LogP contribution in [0, 0.1) is 5.92 Å². The Morgan fingerprint density at radius 1 is 1.29 bits per heavy atom. The summed E-state index contributed by atoms with van der Waals surface area (Å²) in [5.74, 6) is 0.689. The number of hydrogen-bond donors (Lipinski definition) is 1. The van der Waals surface area contributed by atoms with Gasteiger partial charge < -0.3 is 5.32 Å². The first kappa shape index (κ1) is 12.6. The first-order chi connectivity index (χ1) is 8.05. The third-order valence-corrected chi connectivity index (χ3v) is 4.93. The number of rotatable bonds is 4. The molecule has 0 unspecified atom stereocenters. The van der Waals surface area contributed by atoms with E-state index in [9.17, 15) is 13.2 Å². The number of sulfone groups is 1. The Balaban J connectivity index is 1.69. The van der Waals surface area contributed by atoms with Gasteiger partial charge in [-0.2, -0.15) is 0 Å². The minimum atomic E-state index is -3.07. The lowest BCUT2D eigenvalue weighted by atomic mass is 10.0. The molecule has 96 valence electrons. The molecule has 1 aliphatic heterocycles. The van der Waals surface area contributed by atoms with Crippen molar-refractivity contribution in [1.82, 2.24) is 5.32 Å². The highest BCUT2D eigenvalue weighted by Crippen LogP contribution is 2.28. The third-order valence-electron chi connectivity index (χ3n) is 3.53. The van der Waals surface area contributed by atoms with Crippen LogP contribution in [0.3, 0.4) is 0 Å². The molecule has 1 atom stereocenters. The molecule has 2 rings (SSSR count). The number of amides is 1. The second kappa shape index (κ2) is 5.21. The van der Waals surface area contributed by atoms with Crippen LogP contribution in [0.15, 0.2) is 11.5 Å². The van der Waals surface area contributed by atoms with Crippen LogP contribution in [0.25, 0.3) is 0 Å². The van der Waals surface area contributed by atoms with Crippen molar-refractivity contribution in [3.63, 3.8) is 0 Å². The number of hydrogen-bond acceptors (Lipinski definition) is 3. The maximum absolute atomic E-state index is 11.6. The smallest absolute Gasteiger partial charge is 0.220 e. The summed E-state index contributed by atoms with van der Waals surface area (Å²) >= 11 is 0. The second-order valence-corrected chi connectivity index (χ2v) is 6.95. The summed E-state index contributed by atoms with van der Waals surface area (Å²) in [5.41, 5.74) is 0. The Morgan fingerprint density at radius 2 is 2.00 bits per heavy atom. The maximum atomic E-state index is 11.6. The fraction of sp³-hybridized carbons (Fsp3) is 0.750. The van der Waals surface area contributed by atoms with Gasteiger partial charge in [-0.3, -0.25) is 4.79 Å². The standard InChI is InChI=1S/C12H19NO3S/c14-12(6-5-10-3-1-2-4-10)13-11-7-8-17(15,16)9-11/h7-8,10-11H,1-6,9H2,(H,13,14)/t11-/m0/s1. The lowest BCUT2D eigenvalue weighted by Gasteiger charge is -2.12. The van der Waals surface area contributed by atoms with Crippen molar-refractivity contribution in [2.45, 2.75) is 44.6 Å². The molecule has 0 aromatic rings. The molecule has 0 saturated heterocycles. The number of carbonyl (C=O) groups excluding carboxylic acids is 1. The number of carbonyl (C=O) groups is 1. The van der Waals surface area contributed by atoms with E-state index in [0.717, 1.165) is 6.42 Å². The van der Waals surface area contributed by atoms with Crippen molar-refractivity contribution in [3.05, 3.63) is 11.5 Å². The van der Waals surface area contributed by atoms with Gasteiger partial charge in [0, 0.05) is 11.8 Å². The molecule has 4 nitrogen and oxygen atoms in total. The first-order valence-corrected chi connectivity index (χ1v) is 7.97. The van der Waals surface area contributed by atoms with Crippen LogP contribution in [0.2, 0.25) is 0 Å². The van der Waals surface area contributed by atoms with Gasteiger partial charge in [-0.1, -0.05) is 25.7 Å². The van der Waals surface area contributed by atoms with E-state index in [-0.39, 0.29) is 17.7 Å². The molecular weight excluding hydrogens is 238 g/mol. The van der Waals surface area contributed by atoms with Gasteiger partial charge in [-0.15, -0.1) is 0 Å². The molecule has 1 saturated carbocycles. The zero-order valence-corrected chi connectivity index (χ0v) is 10.7. The molecule has 0 aromatic heterocycles. The van der Waals surface area contributed by atoms with Crippen LogP contribution < -0.4 is 5.32 Å². The quantitative estimate of drug-likeness (QED) is 0.827. The Hall–Kier alpha value is -0.840. The fourth-order valence-electron chi connectivity index (χ4n) is 2.58. The summed E-state index contributed by atoms with van der Waals surface area (Å²) in [6.45, 7) is 0. The van der Waals surface area contributed by atoms with E-state index < -0.39 is 9.84 Å². The molecular formula is C12H19NO3S. The van der Waals surface area contributed by atoms with Crippen LogP contribution >= 0.6 is 0 Å². The SMILES string of the molecule is O=C(CCC1CCCC1)N[C@H]1C=CS(=O)(=O)C1. The topological polar surface area (TPSA) is 63.2 Å². The van der Waals surface area contributed by atoms with E-state index in [2.05, 4.69) is 5.32 Å². The molecule has 1 fully saturated rings. The molecule has 1 aliphatic carbocycles. The minimum Gasteiger partial charge on any atom is -0.349 e. The Morgan fingerprint density at radius 3 is 2.59 bits per heavy atom. The summed E-state index contributed by atoms with van der Waals surface area (Å²) in [6, 6.07) is -0.323. The highest BCUT2D eigenvalue weighted by Gasteiger charge is 2.23. The zero-order valence-electron chi connectivity index (χ0n) is 9.89. The highest BCUT2D eigenvalue weighted by atomic mass is 32.2. The van der Waals surface area contributed by atoms with Crippen molar-refractivity contribution in [3.8, 4) is 0 Å². The van der Waals surface area contributed by atoms with Crippen LogP contribution in [-0.2, 0) is 14.6 Å². The summed E-state index contributed by atoms with van der Waals surface area (Å²) in [5, 5.41) is 3.94. The predicted octanol–water partition coefficient (Wildman–Crippen LogP) is 1.38. The van der Waals surface area contributed by atoms with E-state index in [1.165, 1.54) is 31.1 Å². The van der Waals surface area contributed by atoms with Gasteiger partial charge in [0.15, 0.2) is 9.84 Å². The summed E-state index contributed by atoms with van der Waals surface area (Å²) < 4.78 is 22.3. The lowest BCUT2D eigenvalue weighted by molar-refractivity contribution is -0.121. The summed E-state index contributed by atoms with van der Waals surface area (Å²) in [6.07, 6.45) is 8.08. The second-order valence-electron chi connectivity index (χ2n) is 5.02. The van der Waals surface area contributed by atoms with E-state index >= 15 is 0 Å². The fourth-order valence-corrected chi connectivity index (χ4v) is 3.81. The number of nitrogens with one attached hydrogen (secondary N) is 1. The molecule has 0 spiro atoms. The van der Waals surface area contributed by atoms with E-state index in [4.69, 9.17) is 0 Å². The molecule has 0 radical (unpaired) electrons. The monoisotopic (exact) mass is 257 g/mol. The van der Waals surface area contributed by atoms with Gasteiger partial charge in [-0.25, -0.2) is 8.42 Å². The van der Waals surface area contributed by atoms with Crippen molar-refractivity contribution < 1.29 is 13.2 Å². The van der Waals surface area contributed by atoms with Gasteiger partial charge in [-0.05, 0) is 18.4 Å². The lowest BCUT2D eigenvalue weighted by Crippen LogP contribution is -2.35. The van der Waals surface area contributed by atoms with Crippen molar-refractivity contribution >= 4 is 15.7 Å². The Labute approximate surface area is 102 Å². The molecule has 0 bridgehead atoms. The minimum absolute atomic E-state index is 0.0160. The normalized spacial score (nSPS) is 27.4. The molecule has 17 heavy (non-hydrogen) atoms. The first-order valence-electron chi connectivity index (χ1n) is 6.25. The Kier molecular flexibility index (Phi) is 3.86. The van der Waals surface area contributed by atoms with Gasteiger partial charge in [0.05, 0.1) is 11.8 Å². The Bertz CT molecular complexity index is 407. The summed E-state index contributed by atoms with van der Waals surface area (Å²) in [4.78, 5) is 11.6. The van der Waals surface area contributed by atoms with Crippen LogP contribution in [0.1, 0.15) is 38.5 Å². The zero-order chi connectivity index (χ0) is 12.3. The molecule has 1 amide bonds. The molecule has 2 aliphatic rings. The maximum Gasteiger partial charge on any atom is 0.220 e. The van der Waals surface area contributed by atoms with Gasteiger partial charge in [0.25, 0.3) is 0 Å². The van der Waals surface area contributed by atoms with Gasteiger partial charge >= 0.3 is 0 Å². The van der Waals surface area contributed by atoms with Crippen molar-refractivity contribution in [2.24, 2.45) is 5.92 Å². The van der Waals surface area contributed by atoms with Gasteiger partial charge in [0.2, 0.25) is 5.91 Å². The highest BCUT2D eigenvalue weighted by molar-refractivity contribution is 7.94. The molecule has 1 N–H and O–H groups in total. The molecule has 0 aromatic carbocycles. The third kappa shape index (κ3) is 3.84. The van der Waals surface area contributed by atoms with Gasteiger partial charge in [0.1, 0.15) is 0 Å². The average Bonchev–Trinajstić information content (AvgIpc) is 2.85. The van der Waals surface area contributed by atoms with E-state index in [1.54, 1.807) is 6.08 Å². The largest absolute Gasteiger partial charge is 0.349 e.